The molecule has 1 N–H and O–H groups in total. The van der Waals surface area contributed by atoms with Gasteiger partial charge in [-0.25, -0.2) is 0 Å². The van der Waals surface area contributed by atoms with E-state index in [4.69, 9.17) is 14.6 Å². The highest BCUT2D eigenvalue weighted by molar-refractivity contribution is 5.84. The largest absolute Gasteiger partial charge is 0.497 e. The molecule has 3 nitrogen and oxygen atoms in total. The Balaban J connectivity index is 1.90. The van der Waals surface area contributed by atoms with Crippen molar-refractivity contribution < 1.29 is 14.6 Å². The van der Waals surface area contributed by atoms with Crippen LogP contribution in [-0.4, -0.2) is 24.6 Å². The molecular formula is C14H14O3. The van der Waals surface area contributed by atoms with Crippen LogP contribution < -0.4 is 4.74 Å². The molecule has 1 saturated heterocycles. The average Bonchev–Trinajstić information content (AvgIpc) is 3.04. The van der Waals surface area contributed by atoms with Gasteiger partial charge in [-0.1, -0.05) is 24.3 Å². The van der Waals surface area contributed by atoms with Crippen LogP contribution in [0.25, 0.3) is 10.8 Å². The number of aliphatic hydroxyl groups is 1. The second-order valence-corrected chi connectivity index (χ2v) is 4.32. The van der Waals surface area contributed by atoms with E-state index in [9.17, 15) is 0 Å². The van der Waals surface area contributed by atoms with Crippen LogP contribution in [0.15, 0.2) is 36.4 Å². The van der Waals surface area contributed by atoms with E-state index in [1.807, 2.05) is 18.2 Å². The van der Waals surface area contributed by atoms with E-state index in [-0.39, 0.29) is 6.10 Å². The van der Waals surface area contributed by atoms with Gasteiger partial charge >= 0.3 is 0 Å². The third-order valence-corrected chi connectivity index (χ3v) is 3.10. The predicted octanol–water partition coefficient (Wildman–Crippen LogP) is 2.11. The van der Waals surface area contributed by atoms with E-state index in [1.54, 1.807) is 7.11 Å². The Morgan fingerprint density at radius 2 is 1.88 bits per heavy atom. The summed E-state index contributed by atoms with van der Waals surface area (Å²) in [5, 5.41) is 11.5. The zero-order valence-electron chi connectivity index (χ0n) is 9.59. The lowest BCUT2D eigenvalue weighted by Gasteiger charge is -2.04. The van der Waals surface area contributed by atoms with Crippen molar-refractivity contribution >= 4 is 10.8 Å². The third kappa shape index (κ3) is 2.12. The van der Waals surface area contributed by atoms with Crippen LogP contribution in [-0.2, 0) is 11.2 Å². The van der Waals surface area contributed by atoms with Gasteiger partial charge in [0.1, 0.15) is 11.9 Å². The number of ether oxygens (including phenoxy) is 2. The van der Waals surface area contributed by atoms with Gasteiger partial charge in [0, 0.05) is 6.42 Å². The first kappa shape index (κ1) is 10.6. The zero-order valence-corrected chi connectivity index (χ0v) is 9.59. The van der Waals surface area contributed by atoms with Crippen LogP contribution in [0.2, 0.25) is 0 Å². The van der Waals surface area contributed by atoms with E-state index in [2.05, 4.69) is 18.2 Å². The van der Waals surface area contributed by atoms with Crippen molar-refractivity contribution in [2.24, 2.45) is 0 Å². The number of hydrogen-bond acceptors (Lipinski definition) is 3. The highest BCUT2D eigenvalue weighted by atomic mass is 16.7. The van der Waals surface area contributed by atoms with Gasteiger partial charge in [0.2, 0.25) is 0 Å². The lowest BCUT2D eigenvalue weighted by molar-refractivity contribution is 0.156. The Labute approximate surface area is 99.6 Å². The molecule has 1 aliphatic heterocycles. The van der Waals surface area contributed by atoms with E-state index in [0.717, 1.165) is 17.6 Å². The number of fused-ring (bicyclic) bond motifs is 1. The van der Waals surface area contributed by atoms with Gasteiger partial charge in [-0.05, 0) is 28.5 Å². The minimum Gasteiger partial charge on any atom is -0.497 e. The van der Waals surface area contributed by atoms with Crippen LogP contribution >= 0.6 is 0 Å². The molecule has 2 atom stereocenters. The first-order valence-corrected chi connectivity index (χ1v) is 5.66. The first-order chi connectivity index (χ1) is 8.26. The number of benzene rings is 2. The van der Waals surface area contributed by atoms with Gasteiger partial charge < -0.3 is 14.6 Å². The summed E-state index contributed by atoms with van der Waals surface area (Å²) in [6.07, 6.45) is 0.177. The molecule has 1 heterocycles. The van der Waals surface area contributed by atoms with E-state index < -0.39 is 6.29 Å². The van der Waals surface area contributed by atoms with Crippen LogP contribution in [0.4, 0.5) is 0 Å². The summed E-state index contributed by atoms with van der Waals surface area (Å²) in [5.41, 5.74) is 1.18. The summed E-state index contributed by atoms with van der Waals surface area (Å²) in [6, 6.07) is 12.3. The van der Waals surface area contributed by atoms with E-state index >= 15 is 0 Å². The summed E-state index contributed by atoms with van der Waals surface area (Å²) in [6.45, 7) is 0. The number of rotatable bonds is 3. The van der Waals surface area contributed by atoms with Crippen LogP contribution in [0, 0.1) is 0 Å². The SMILES string of the molecule is COc1ccc2cc(CC3OC3O)ccc2c1. The molecule has 0 radical (unpaired) electrons. The molecule has 17 heavy (non-hydrogen) atoms. The average molecular weight is 230 g/mol. The van der Waals surface area contributed by atoms with Gasteiger partial charge in [-0.2, -0.15) is 0 Å². The number of hydrogen-bond donors (Lipinski definition) is 1. The molecule has 0 aromatic heterocycles. The second-order valence-electron chi connectivity index (χ2n) is 4.32. The molecule has 2 unspecified atom stereocenters. The Bertz CT molecular complexity index is 550. The molecule has 0 saturated carbocycles. The molecule has 0 amide bonds. The number of aliphatic hydroxyl groups excluding tert-OH is 1. The van der Waals surface area contributed by atoms with E-state index in [0.29, 0.717) is 0 Å². The third-order valence-electron chi connectivity index (χ3n) is 3.10. The summed E-state index contributed by atoms with van der Waals surface area (Å²) < 4.78 is 10.2. The zero-order chi connectivity index (χ0) is 11.8. The summed E-state index contributed by atoms with van der Waals surface area (Å²) in [7, 11) is 1.67. The first-order valence-electron chi connectivity index (χ1n) is 5.66. The smallest absolute Gasteiger partial charge is 0.182 e. The predicted molar refractivity (Wildman–Crippen MR) is 65.1 cm³/mol. The fourth-order valence-electron chi connectivity index (χ4n) is 2.04. The van der Waals surface area contributed by atoms with Gasteiger partial charge in [0.15, 0.2) is 6.29 Å². The standard InChI is InChI=1S/C14H14O3/c1-16-12-5-4-10-6-9(2-3-11(10)8-12)7-13-14(15)17-13/h2-6,8,13-15H,7H2,1H3. The maximum Gasteiger partial charge on any atom is 0.182 e. The maximum absolute atomic E-state index is 9.13. The van der Waals surface area contributed by atoms with Crippen LogP contribution in [0.1, 0.15) is 5.56 Å². The molecule has 1 aliphatic rings. The Kier molecular flexibility index (Phi) is 2.50. The Morgan fingerprint density at radius 3 is 2.59 bits per heavy atom. The Hall–Kier alpha value is -1.58. The van der Waals surface area contributed by atoms with Gasteiger partial charge in [0.05, 0.1) is 7.11 Å². The van der Waals surface area contributed by atoms with Gasteiger partial charge in [-0.3, -0.25) is 0 Å². The molecule has 0 spiro atoms. The fourth-order valence-corrected chi connectivity index (χ4v) is 2.04. The second kappa shape index (κ2) is 4.02. The van der Waals surface area contributed by atoms with Crippen molar-refractivity contribution in [1.29, 1.82) is 0 Å². The Morgan fingerprint density at radius 1 is 1.18 bits per heavy atom. The molecule has 88 valence electrons. The molecule has 0 aliphatic carbocycles. The van der Waals surface area contributed by atoms with Gasteiger partial charge in [-0.15, -0.1) is 0 Å². The molecule has 3 heteroatoms. The number of methoxy groups -OCH3 is 1. The highest BCUT2D eigenvalue weighted by Gasteiger charge is 2.36. The van der Waals surface area contributed by atoms with Crippen molar-refractivity contribution in [3.8, 4) is 5.75 Å². The van der Waals surface area contributed by atoms with Crippen LogP contribution in [0.3, 0.4) is 0 Å². The van der Waals surface area contributed by atoms with Gasteiger partial charge in [0.25, 0.3) is 0 Å². The molecular weight excluding hydrogens is 216 g/mol. The summed E-state index contributed by atoms with van der Waals surface area (Å²) in [4.78, 5) is 0. The molecule has 2 aromatic rings. The van der Waals surface area contributed by atoms with Crippen molar-refractivity contribution in [1.82, 2.24) is 0 Å². The normalized spacial score (nSPS) is 22.7. The van der Waals surface area contributed by atoms with Crippen molar-refractivity contribution in [3.63, 3.8) is 0 Å². The van der Waals surface area contributed by atoms with E-state index in [1.165, 1.54) is 10.9 Å². The van der Waals surface area contributed by atoms with Crippen LogP contribution in [0.5, 0.6) is 5.75 Å². The van der Waals surface area contributed by atoms with Crippen molar-refractivity contribution in [2.45, 2.75) is 18.8 Å². The minimum atomic E-state index is -0.568. The molecule has 2 aromatic carbocycles. The molecule has 0 bridgehead atoms. The lowest BCUT2D eigenvalue weighted by atomic mass is 10.0. The maximum atomic E-state index is 9.13. The fraction of sp³-hybridized carbons (Fsp3) is 0.286. The lowest BCUT2D eigenvalue weighted by Crippen LogP contribution is -1.97. The quantitative estimate of drug-likeness (QED) is 0.821. The summed E-state index contributed by atoms with van der Waals surface area (Å²) in [5.74, 6) is 0.867. The number of epoxide rings is 1. The highest BCUT2D eigenvalue weighted by Crippen LogP contribution is 2.26. The summed E-state index contributed by atoms with van der Waals surface area (Å²) >= 11 is 0. The topological polar surface area (TPSA) is 42.0 Å². The minimum absolute atomic E-state index is 0.0225. The van der Waals surface area contributed by atoms with Crippen molar-refractivity contribution in [2.75, 3.05) is 7.11 Å². The molecule has 1 fully saturated rings. The monoisotopic (exact) mass is 230 g/mol. The van der Waals surface area contributed by atoms with Crippen molar-refractivity contribution in [3.05, 3.63) is 42.0 Å². The molecule has 3 rings (SSSR count).